The molecule has 1 heterocycles. The van der Waals surface area contributed by atoms with Crippen molar-refractivity contribution in [1.82, 2.24) is 0 Å². The van der Waals surface area contributed by atoms with Crippen LogP contribution >= 0.6 is 0 Å². The Kier molecular flexibility index (Phi) is 4.36. The number of hydrogen-bond donors (Lipinski definition) is 1. The van der Waals surface area contributed by atoms with Crippen LogP contribution in [0.1, 0.15) is 33.1 Å². The molecule has 0 aliphatic carbocycles. The molecule has 2 heteroatoms. The first-order chi connectivity index (χ1) is 6.61. The van der Waals surface area contributed by atoms with Crippen molar-refractivity contribution in [2.24, 2.45) is 0 Å². The summed E-state index contributed by atoms with van der Waals surface area (Å²) < 4.78 is 5.80. The van der Waals surface area contributed by atoms with Crippen molar-refractivity contribution in [3.05, 3.63) is 24.3 Å². The minimum absolute atomic E-state index is 0.137. The molecule has 1 N–H and O–H groups in total. The molecule has 1 rings (SSSR count). The van der Waals surface area contributed by atoms with Gasteiger partial charge < -0.3 is 9.84 Å². The maximum absolute atomic E-state index is 9.28. The smallest absolute Gasteiger partial charge is 0.0796 e. The maximum Gasteiger partial charge on any atom is 0.0796 e. The van der Waals surface area contributed by atoms with Crippen molar-refractivity contribution in [2.45, 2.75) is 51.4 Å². The van der Waals surface area contributed by atoms with Crippen molar-refractivity contribution in [2.75, 3.05) is 0 Å². The van der Waals surface area contributed by atoms with Crippen molar-refractivity contribution in [1.29, 1.82) is 0 Å². The van der Waals surface area contributed by atoms with Gasteiger partial charge in [-0.05, 0) is 33.1 Å². The minimum atomic E-state index is -0.294. The van der Waals surface area contributed by atoms with E-state index in [4.69, 9.17) is 4.74 Å². The lowest BCUT2D eigenvalue weighted by atomic mass is 9.96. The third-order valence-corrected chi connectivity index (χ3v) is 2.38. The lowest BCUT2D eigenvalue weighted by Crippen LogP contribution is -2.29. The minimum Gasteiger partial charge on any atom is -0.393 e. The van der Waals surface area contributed by atoms with Crippen LogP contribution < -0.4 is 0 Å². The highest BCUT2D eigenvalue weighted by atomic mass is 16.5. The van der Waals surface area contributed by atoms with E-state index in [1.54, 1.807) is 6.92 Å². The van der Waals surface area contributed by atoms with Crippen molar-refractivity contribution < 1.29 is 9.84 Å². The summed E-state index contributed by atoms with van der Waals surface area (Å²) in [6, 6.07) is 0. The van der Waals surface area contributed by atoms with Crippen LogP contribution in [0.4, 0.5) is 0 Å². The summed E-state index contributed by atoms with van der Waals surface area (Å²) in [7, 11) is 0. The SMILES string of the molecule is C=C1C[C@@H](C[C@@H](C)O)O[C@@H](/C=C/C)C1. The molecular formula is C12H20O2. The Labute approximate surface area is 86.3 Å². The fraction of sp³-hybridized carbons (Fsp3) is 0.667. The highest BCUT2D eigenvalue weighted by molar-refractivity contribution is 5.06. The molecule has 0 aromatic heterocycles. The zero-order valence-electron chi connectivity index (χ0n) is 9.07. The summed E-state index contributed by atoms with van der Waals surface area (Å²) >= 11 is 0. The van der Waals surface area contributed by atoms with Gasteiger partial charge in [0, 0.05) is 0 Å². The van der Waals surface area contributed by atoms with Gasteiger partial charge in [0.15, 0.2) is 0 Å². The van der Waals surface area contributed by atoms with Gasteiger partial charge >= 0.3 is 0 Å². The first kappa shape index (κ1) is 11.5. The van der Waals surface area contributed by atoms with E-state index in [1.165, 1.54) is 5.57 Å². The van der Waals surface area contributed by atoms with Gasteiger partial charge in [-0.25, -0.2) is 0 Å². The van der Waals surface area contributed by atoms with Crippen molar-refractivity contribution >= 4 is 0 Å². The van der Waals surface area contributed by atoms with Gasteiger partial charge in [0.2, 0.25) is 0 Å². The second-order valence-electron chi connectivity index (χ2n) is 4.07. The summed E-state index contributed by atoms with van der Waals surface area (Å²) in [5.41, 5.74) is 1.23. The van der Waals surface area contributed by atoms with Crippen LogP contribution in [0.25, 0.3) is 0 Å². The summed E-state index contributed by atoms with van der Waals surface area (Å²) in [6.45, 7) is 7.80. The third-order valence-electron chi connectivity index (χ3n) is 2.38. The quantitative estimate of drug-likeness (QED) is 0.702. The standard InChI is InChI=1S/C12H20O2/c1-4-5-11-6-9(2)7-12(14-11)8-10(3)13/h4-5,10-13H,2,6-8H2,1,3H3/b5-4+/t10-,11+,12+/m1/s1. The van der Waals surface area contributed by atoms with Crippen LogP contribution in [0.3, 0.4) is 0 Å². The van der Waals surface area contributed by atoms with E-state index in [0.29, 0.717) is 6.42 Å². The van der Waals surface area contributed by atoms with E-state index in [1.807, 2.05) is 13.0 Å². The number of aliphatic hydroxyl groups is 1. The fourth-order valence-corrected chi connectivity index (χ4v) is 1.88. The van der Waals surface area contributed by atoms with Gasteiger partial charge in [0.1, 0.15) is 0 Å². The Bertz CT molecular complexity index is 218. The Hall–Kier alpha value is -0.600. The number of ether oxygens (including phenoxy) is 1. The molecule has 3 atom stereocenters. The largest absolute Gasteiger partial charge is 0.393 e. The molecule has 0 unspecified atom stereocenters. The molecular weight excluding hydrogens is 176 g/mol. The highest BCUT2D eigenvalue weighted by Crippen LogP contribution is 2.26. The normalized spacial score (nSPS) is 30.9. The van der Waals surface area contributed by atoms with Crippen LogP contribution in [0.5, 0.6) is 0 Å². The van der Waals surface area contributed by atoms with E-state index in [2.05, 4.69) is 12.7 Å². The Morgan fingerprint density at radius 3 is 2.93 bits per heavy atom. The summed E-state index contributed by atoms with van der Waals surface area (Å²) in [5, 5.41) is 9.28. The van der Waals surface area contributed by atoms with Gasteiger partial charge in [-0.2, -0.15) is 0 Å². The average molecular weight is 196 g/mol. The molecule has 0 saturated carbocycles. The van der Waals surface area contributed by atoms with Crippen LogP contribution in [-0.2, 0) is 4.74 Å². The molecule has 1 aliphatic rings. The summed E-state index contributed by atoms with van der Waals surface area (Å²) in [4.78, 5) is 0. The monoisotopic (exact) mass is 196 g/mol. The highest BCUT2D eigenvalue weighted by Gasteiger charge is 2.23. The predicted molar refractivity (Wildman–Crippen MR) is 58.1 cm³/mol. The van der Waals surface area contributed by atoms with Gasteiger partial charge in [-0.3, -0.25) is 0 Å². The topological polar surface area (TPSA) is 29.5 Å². The number of hydrogen-bond acceptors (Lipinski definition) is 2. The lowest BCUT2D eigenvalue weighted by molar-refractivity contribution is -0.0288. The van der Waals surface area contributed by atoms with E-state index in [0.717, 1.165) is 12.8 Å². The van der Waals surface area contributed by atoms with E-state index >= 15 is 0 Å². The second-order valence-corrected chi connectivity index (χ2v) is 4.07. The Morgan fingerprint density at radius 2 is 2.36 bits per heavy atom. The molecule has 1 aliphatic heterocycles. The first-order valence-electron chi connectivity index (χ1n) is 5.24. The van der Waals surface area contributed by atoms with Crippen LogP contribution in [0, 0.1) is 0 Å². The van der Waals surface area contributed by atoms with Crippen molar-refractivity contribution in [3.8, 4) is 0 Å². The molecule has 0 spiro atoms. The summed E-state index contributed by atoms with van der Waals surface area (Å²) in [6.07, 6.45) is 6.56. The molecule has 80 valence electrons. The second kappa shape index (κ2) is 5.32. The predicted octanol–water partition coefficient (Wildman–Crippen LogP) is 2.44. The van der Waals surface area contributed by atoms with Gasteiger partial charge in [0.05, 0.1) is 18.3 Å². The Balaban J connectivity index is 2.49. The zero-order chi connectivity index (χ0) is 10.6. The molecule has 1 fully saturated rings. The maximum atomic E-state index is 9.28. The molecule has 0 aromatic rings. The molecule has 2 nitrogen and oxygen atoms in total. The Morgan fingerprint density at radius 1 is 1.64 bits per heavy atom. The van der Waals surface area contributed by atoms with E-state index in [-0.39, 0.29) is 18.3 Å². The van der Waals surface area contributed by atoms with Crippen LogP contribution in [-0.4, -0.2) is 23.4 Å². The molecule has 0 radical (unpaired) electrons. The number of aliphatic hydroxyl groups excluding tert-OH is 1. The van der Waals surface area contributed by atoms with Crippen molar-refractivity contribution in [3.63, 3.8) is 0 Å². The molecule has 0 amide bonds. The molecule has 0 bridgehead atoms. The van der Waals surface area contributed by atoms with Crippen LogP contribution in [0.15, 0.2) is 24.3 Å². The number of allylic oxidation sites excluding steroid dienone is 1. The van der Waals surface area contributed by atoms with Gasteiger partial charge in [0.25, 0.3) is 0 Å². The molecule has 0 aromatic carbocycles. The fourth-order valence-electron chi connectivity index (χ4n) is 1.88. The van der Waals surface area contributed by atoms with Crippen LogP contribution in [0.2, 0.25) is 0 Å². The third kappa shape index (κ3) is 3.64. The first-order valence-corrected chi connectivity index (χ1v) is 5.24. The summed E-state index contributed by atoms with van der Waals surface area (Å²) in [5.74, 6) is 0. The molecule has 14 heavy (non-hydrogen) atoms. The van der Waals surface area contributed by atoms with Gasteiger partial charge in [-0.15, -0.1) is 0 Å². The molecule has 1 saturated heterocycles. The van der Waals surface area contributed by atoms with E-state index < -0.39 is 0 Å². The zero-order valence-corrected chi connectivity index (χ0v) is 9.07. The van der Waals surface area contributed by atoms with E-state index in [9.17, 15) is 5.11 Å². The average Bonchev–Trinajstić information content (AvgIpc) is 2.01. The van der Waals surface area contributed by atoms with Gasteiger partial charge in [-0.1, -0.05) is 24.3 Å². The number of rotatable bonds is 3. The lowest BCUT2D eigenvalue weighted by Gasteiger charge is -2.30.